The molecule has 4 aromatic heterocycles. The van der Waals surface area contributed by atoms with Crippen LogP contribution in [0.2, 0.25) is 0 Å². The van der Waals surface area contributed by atoms with Crippen LogP contribution in [0.25, 0.3) is 5.52 Å². The van der Waals surface area contributed by atoms with Crippen LogP contribution < -0.4 is 15.5 Å². The fourth-order valence-electron chi connectivity index (χ4n) is 4.49. The van der Waals surface area contributed by atoms with Gasteiger partial charge in [0.25, 0.3) is 0 Å². The molecule has 0 bridgehead atoms. The minimum Gasteiger partial charge on any atom is -0.325 e. The van der Waals surface area contributed by atoms with Gasteiger partial charge in [-0.15, -0.1) is 5.10 Å². The van der Waals surface area contributed by atoms with Gasteiger partial charge in [-0.2, -0.15) is 14.5 Å². The van der Waals surface area contributed by atoms with E-state index in [1.54, 1.807) is 4.52 Å². The Morgan fingerprint density at radius 3 is 2.97 bits per heavy atom. The maximum Gasteiger partial charge on any atom is 0.250 e. The van der Waals surface area contributed by atoms with Gasteiger partial charge in [-0.05, 0) is 56.9 Å². The normalized spacial score (nSPS) is 20.1. The molecule has 11 heteroatoms. The van der Waals surface area contributed by atoms with Crippen molar-refractivity contribution in [2.24, 2.45) is 0 Å². The molecular formula is C23H24FN9O. The number of pyridine rings is 1. The first-order valence-corrected chi connectivity index (χ1v) is 11.4. The summed E-state index contributed by atoms with van der Waals surface area (Å²) in [7, 11) is 0. The van der Waals surface area contributed by atoms with Gasteiger partial charge in [-0.1, -0.05) is 0 Å². The highest BCUT2D eigenvalue weighted by atomic mass is 18.2. The number of nitrogens with one attached hydrogen (secondary N) is 3. The number of H-pyrrole nitrogens is 1. The maximum absolute atomic E-state index is 13.3. The molecule has 1 saturated carbocycles. The predicted octanol–water partition coefficient (Wildman–Crippen LogP) is 3.61. The summed E-state index contributed by atoms with van der Waals surface area (Å²) in [5, 5.41) is 18.3. The van der Waals surface area contributed by atoms with Crippen molar-refractivity contribution in [3.8, 4) is 0 Å². The average Bonchev–Trinajstić information content (AvgIpc) is 3.20. The lowest BCUT2D eigenvalue weighted by Gasteiger charge is -2.34. The van der Waals surface area contributed by atoms with E-state index in [2.05, 4.69) is 30.9 Å². The number of nitrogens with zero attached hydrogens (tertiary/aromatic N) is 6. The van der Waals surface area contributed by atoms with E-state index >= 15 is 0 Å². The quantitative estimate of drug-likeness (QED) is 0.377. The Morgan fingerprint density at radius 1 is 1.29 bits per heavy atom. The van der Waals surface area contributed by atoms with Gasteiger partial charge in [-0.25, -0.2) is 9.50 Å². The number of carbonyl (C=O) groups excluding carboxylic acids is 1. The van der Waals surface area contributed by atoms with Gasteiger partial charge in [-0.3, -0.25) is 9.89 Å². The van der Waals surface area contributed by atoms with Crippen molar-refractivity contribution >= 4 is 34.7 Å². The standard InChI is InChI=1S/C23H24FN9O/c1-23(21(34)26-15-7-8-18(24)25-13-15)9-3-10-32(23)22-28-20(17-4-2-11-33(17)31-22)27-19-12-16(29-30-19)14-5-6-14/h2,4,7-8,11-14H,3,5-6,9-10H2,1H3,(H,26,34)(H2,27,28,29,30,31)/t23-/m1/s1/i24-1. The Hall–Kier alpha value is -4.02. The monoisotopic (exact) mass is 460 g/mol. The summed E-state index contributed by atoms with van der Waals surface area (Å²) >= 11 is 0. The van der Waals surface area contributed by atoms with E-state index in [0.29, 0.717) is 42.2 Å². The molecular weight excluding hydrogens is 436 g/mol. The number of carbonyl (C=O) groups is 1. The third kappa shape index (κ3) is 3.62. The molecule has 1 atom stereocenters. The highest BCUT2D eigenvalue weighted by molar-refractivity contribution is 6.00. The van der Waals surface area contributed by atoms with Crippen LogP contribution in [0.5, 0.6) is 0 Å². The first-order valence-electron chi connectivity index (χ1n) is 11.4. The zero-order valence-electron chi connectivity index (χ0n) is 18.6. The minimum atomic E-state index is -0.877. The minimum absolute atomic E-state index is 0.217. The van der Waals surface area contributed by atoms with Crippen LogP contribution in [0, 0.1) is 5.95 Å². The van der Waals surface area contributed by atoms with Crippen molar-refractivity contribution in [1.29, 1.82) is 0 Å². The number of amides is 1. The predicted molar refractivity (Wildman–Crippen MR) is 125 cm³/mol. The fourth-order valence-corrected chi connectivity index (χ4v) is 4.49. The zero-order valence-corrected chi connectivity index (χ0v) is 18.6. The molecule has 1 saturated heterocycles. The number of hydrogen-bond acceptors (Lipinski definition) is 7. The number of halogens is 1. The number of rotatable bonds is 6. The lowest BCUT2D eigenvalue weighted by Crippen LogP contribution is -2.51. The summed E-state index contributed by atoms with van der Waals surface area (Å²) in [5.74, 6) is 1.50. The van der Waals surface area contributed by atoms with Crippen molar-refractivity contribution in [1.82, 2.24) is 29.8 Å². The lowest BCUT2D eigenvalue weighted by atomic mass is 9.97. The van der Waals surface area contributed by atoms with Gasteiger partial charge in [0.2, 0.25) is 17.8 Å². The largest absolute Gasteiger partial charge is 0.325 e. The lowest BCUT2D eigenvalue weighted by molar-refractivity contribution is -0.120. The molecule has 1 aliphatic heterocycles. The van der Waals surface area contributed by atoms with E-state index in [1.807, 2.05) is 36.2 Å². The first-order chi connectivity index (χ1) is 16.5. The molecule has 0 aromatic carbocycles. The van der Waals surface area contributed by atoms with Gasteiger partial charge < -0.3 is 15.5 Å². The summed E-state index contributed by atoms with van der Waals surface area (Å²) in [4.78, 5) is 23.6. The number of aromatic amines is 1. The second kappa shape index (κ2) is 7.79. The molecule has 0 unspecified atom stereocenters. The van der Waals surface area contributed by atoms with Crippen LogP contribution in [-0.4, -0.2) is 47.8 Å². The van der Waals surface area contributed by atoms with Crippen LogP contribution in [0.4, 0.5) is 27.7 Å². The van der Waals surface area contributed by atoms with Crippen LogP contribution in [-0.2, 0) is 4.79 Å². The highest BCUT2D eigenvalue weighted by Crippen LogP contribution is 2.40. The highest BCUT2D eigenvalue weighted by Gasteiger charge is 2.45. The Morgan fingerprint density at radius 2 is 2.18 bits per heavy atom. The number of hydrogen-bond donors (Lipinski definition) is 3. The first kappa shape index (κ1) is 20.6. The van der Waals surface area contributed by atoms with E-state index in [4.69, 9.17) is 4.98 Å². The van der Waals surface area contributed by atoms with E-state index in [1.165, 1.54) is 31.2 Å². The molecule has 1 amide bonds. The SMILES string of the molecule is C[C@]1(C(=O)Nc2ccc([18F])nc2)CCCN1c1nc(Nc2cc(C3CC3)[nH]n2)c2cccn2n1. The molecule has 10 nitrogen and oxygen atoms in total. The van der Waals surface area contributed by atoms with Gasteiger partial charge in [0, 0.05) is 30.4 Å². The molecule has 0 radical (unpaired) electrons. The summed E-state index contributed by atoms with van der Waals surface area (Å²) < 4.78 is 14.9. The van der Waals surface area contributed by atoms with Gasteiger partial charge in [0.15, 0.2) is 11.6 Å². The van der Waals surface area contributed by atoms with Gasteiger partial charge in [0.1, 0.15) is 11.1 Å². The Bertz CT molecular complexity index is 1360. The fraction of sp³-hybridized carbons (Fsp3) is 0.348. The Balaban J connectivity index is 1.31. The summed E-state index contributed by atoms with van der Waals surface area (Å²) in [6.45, 7) is 2.50. The van der Waals surface area contributed by atoms with E-state index in [-0.39, 0.29) is 5.91 Å². The number of aromatic nitrogens is 6. The zero-order chi connectivity index (χ0) is 23.3. The average molecular weight is 461 g/mol. The molecule has 2 fully saturated rings. The summed E-state index contributed by atoms with van der Waals surface area (Å²) in [6, 6.07) is 8.56. The molecule has 1 aliphatic carbocycles. The smallest absolute Gasteiger partial charge is 0.250 e. The molecule has 34 heavy (non-hydrogen) atoms. The van der Waals surface area contributed by atoms with Crippen molar-refractivity contribution in [2.45, 2.75) is 44.1 Å². The van der Waals surface area contributed by atoms with E-state index in [0.717, 1.165) is 17.6 Å². The summed E-state index contributed by atoms with van der Waals surface area (Å²) in [5.41, 5.74) is 1.50. The molecule has 2 aliphatic rings. The molecule has 4 aromatic rings. The molecule has 174 valence electrons. The maximum atomic E-state index is 13.3. The van der Waals surface area contributed by atoms with Crippen molar-refractivity contribution < 1.29 is 9.18 Å². The van der Waals surface area contributed by atoms with Crippen molar-refractivity contribution in [3.63, 3.8) is 0 Å². The number of anilines is 4. The van der Waals surface area contributed by atoms with Crippen LogP contribution in [0.1, 0.15) is 44.2 Å². The molecule has 0 spiro atoms. The second-order valence-electron chi connectivity index (χ2n) is 9.06. The van der Waals surface area contributed by atoms with Gasteiger partial charge >= 0.3 is 0 Å². The van der Waals surface area contributed by atoms with E-state index in [9.17, 15) is 9.18 Å². The third-order valence-corrected chi connectivity index (χ3v) is 6.60. The molecule has 6 rings (SSSR count). The summed E-state index contributed by atoms with van der Waals surface area (Å²) in [6.07, 6.45) is 6.97. The van der Waals surface area contributed by atoms with Crippen molar-refractivity contribution in [3.05, 3.63) is 54.4 Å². The Kier molecular flexibility index (Phi) is 4.71. The molecule has 5 heterocycles. The Labute approximate surface area is 194 Å². The number of fused-ring (bicyclic) bond motifs is 1. The second-order valence-corrected chi connectivity index (χ2v) is 9.06. The van der Waals surface area contributed by atoms with Crippen LogP contribution >= 0.6 is 0 Å². The van der Waals surface area contributed by atoms with Gasteiger partial charge in [0.05, 0.1) is 11.9 Å². The van der Waals surface area contributed by atoms with Crippen LogP contribution in [0.15, 0.2) is 42.7 Å². The molecule has 3 N–H and O–H groups in total. The third-order valence-electron chi connectivity index (χ3n) is 6.60. The van der Waals surface area contributed by atoms with Crippen molar-refractivity contribution in [2.75, 3.05) is 22.1 Å². The topological polar surface area (TPSA) is 116 Å². The van der Waals surface area contributed by atoms with Crippen LogP contribution in [0.3, 0.4) is 0 Å². The van der Waals surface area contributed by atoms with E-state index < -0.39 is 11.5 Å².